The minimum absolute atomic E-state index is 0.0130. The van der Waals surface area contributed by atoms with Crippen LogP contribution in [0.4, 0.5) is 5.69 Å². The number of amides is 2. The summed E-state index contributed by atoms with van der Waals surface area (Å²) in [4.78, 5) is 31.9. The van der Waals surface area contributed by atoms with Gasteiger partial charge in [-0.05, 0) is 72.3 Å². The summed E-state index contributed by atoms with van der Waals surface area (Å²) in [6, 6.07) is 5.62. The molecule has 1 aromatic carbocycles. The van der Waals surface area contributed by atoms with E-state index in [0.29, 0.717) is 11.3 Å². The van der Waals surface area contributed by atoms with Crippen molar-refractivity contribution in [2.45, 2.75) is 17.7 Å². The molecule has 6 nitrogen and oxygen atoms in total. The number of hydrogen-bond donors (Lipinski definition) is 1. The molecule has 26 heavy (non-hydrogen) atoms. The average Bonchev–Trinajstić information content (AvgIpc) is 2.58. The third-order valence-corrected chi connectivity index (χ3v) is 5.29. The van der Waals surface area contributed by atoms with Crippen molar-refractivity contribution in [2.24, 2.45) is 0 Å². The van der Waals surface area contributed by atoms with Gasteiger partial charge in [-0.1, -0.05) is 0 Å². The highest BCUT2D eigenvalue weighted by atomic mass is 32.2. The molecule has 0 atom stereocenters. The summed E-state index contributed by atoms with van der Waals surface area (Å²) < 4.78 is 0. The van der Waals surface area contributed by atoms with Crippen LogP contribution in [0, 0.1) is 0 Å². The number of benzene rings is 1. The Morgan fingerprint density at radius 1 is 1.04 bits per heavy atom. The monoisotopic (exact) mass is 378 g/mol. The highest BCUT2D eigenvalue weighted by Gasteiger charge is 2.20. The molecule has 1 aliphatic heterocycles. The number of carbonyl (C=O) groups is 2. The van der Waals surface area contributed by atoms with E-state index >= 15 is 0 Å². The first-order chi connectivity index (χ1) is 12.4. The van der Waals surface area contributed by atoms with Crippen LogP contribution < -0.4 is 5.32 Å². The van der Waals surface area contributed by atoms with Crippen LogP contribution >= 0.6 is 11.8 Å². The Bertz CT molecular complexity index is 620. The van der Waals surface area contributed by atoms with Crippen LogP contribution in [0.1, 0.15) is 23.2 Å². The maximum Gasteiger partial charge on any atom is 0.253 e. The molecular formula is C19H30N4O2S. The molecule has 2 rings (SSSR count). The van der Waals surface area contributed by atoms with Gasteiger partial charge in [-0.25, -0.2) is 0 Å². The average molecular weight is 379 g/mol. The van der Waals surface area contributed by atoms with E-state index in [0.717, 1.165) is 49.6 Å². The summed E-state index contributed by atoms with van der Waals surface area (Å²) in [5, 5.41) is 2.87. The number of carbonyl (C=O) groups excluding carboxylic acids is 2. The van der Waals surface area contributed by atoms with Crippen molar-refractivity contribution in [1.29, 1.82) is 0 Å². The van der Waals surface area contributed by atoms with Gasteiger partial charge in [0.2, 0.25) is 5.91 Å². The van der Waals surface area contributed by atoms with Gasteiger partial charge >= 0.3 is 0 Å². The van der Waals surface area contributed by atoms with E-state index in [4.69, 9.17) is 0 Å². The zero-order valence-corrected chi connectivity index (χ0v) is 17.1. The molecule has 0 fully saturated rings. The number of anilines is 1. The van der Waals surface area contributed by atoms with Crippen LogP contribution in [-0.4, -0.2) is 86.6 Å². The summed E-state index contributed by atoms with van der Waals surface area (Å²) in [7, 11) is 8.17. The van der Waals surface area contributed by atoms with Crippen molar-refractivity contribution < 1.29 is 9.59 Å². The molecule has 0 aliphatic carbocycles. The van der Waals surface area contributed by atoms with E-state index in [1.165, 1.54) is 11.8 Å². The van der Waals surface area contributed by atoms with Crippen molar-refractivity contribution in [1.82, 2.24) is 14.7 Å². The van der Waals surface area contributed by atoms with Gasteiger partial charge in [0.05, 0.1) is 11.4 Å². The molecule has 0 bridgehead atoms. The largest absolute Gasteiger partial charge is 0.339 e. The molecule has 0 radical (unpaired) electrons. The molecule has 1 N–H and O–H groups in total. The normalized spacial score (nSPS) is 13.7. The summed E-state index contributed by atoms with van der Waals surface area (Å²) in [6.07, 6.45) is 1.89. The summed E-state index contributed by atoms with van der Waals surface area (Å²) in [6.45, 7) is 3.38. The van der Waals surface area contributed by atoms with Crippen molar-refractivity contribution in [3.05, 3.63) is 23.8 Å². The molecule has 7 heteroatoms. The quantitative estimate of drug-likeness (QED) is 0.713. The van der Waals surface area contributed by atoms with Gasteiger partial charge in [-0.3, -0.25) is 9.59 Å². The fourth-order valence-electron chi connectivity index (χ4n) is 2.87. The molecule has 1 aromatic rings. The zero-order chi connectivity index (χ0) is 19.1. The van der Waals surface area contributed by atoms with Crippen LogP contribution in [0.3, 0.4) is 0 Å². The number of fused-ring (bicyclic) bond motifs is 1. The molecule has 1 heterocycles. The second-order valence-electron chi connectivity index (χ2n) is 7.15. The fraction of sp³-hybridized carbons (Fsp3) is 0.579. The van der Waals surface area contributed by atoms with E-state index in [1.54, 1.807) is 0 Å². The number of hydrogen-bond acceptors (Lipinski definition) is 5. The standard InChI is InChI=1S/C19H30N4O2S/c1-21(2)9-5-11-23(12-6-10-22(3)4)19(25)15-7-8-17-16(13-15)20-18(24)14-26-17/h7-8,13H,5-6,9-12,14H2,1-4H3,(H,20,24). The van der Waals surface area contributed by atoms with E-state index in [-0.39, 0.29) is 11.8 Å². The second kappa shape index (κ2) is 9.94. The van der Waals surface area contributed by atoms with Crippen molar-refractivity contribution in [3.8, 4) is 0 Å². The third kappa shape index (κ3) is 6.30. The molecule has 0 spiro atoms. The van der Waals surface area contributed by atoms with Gasteiger partial charge in [-0.15, -0.1) is 11.8 Å². The molecular weight excluding hydrogens is 348 g/mol. The lowest BCUT2D eigenvalue weighted by atomic mass is 10.1. The summed E-state index contributed by atoms with van der Waals surface area (Å²) in [5.74, 6) is 0.456. The summed E-state index contributed by atoms with van der Waals surface area (Å²) >= 11 is 1.51. The van der Waals surface area contributed by atoms with E-state index in [9.17, 15) is 9.59 Å². The van der Waals surface area contributed by atoms with Gasteiger partial charge in [0.15, 0.2) is 0 Å². The first-order valence-corrected chi connectivity index (χ1v) is 10.0. The van der Waals surface area contributed by atoms with Gasteiger partial charge in [0.1, 0.15) is 0 Å². The Hall–Kier alpha value is -1.57. The smallest absolute Gasteiger partial charge is 0.253 e. The first-order valence-electron chi connectivity index (χ1n) is 9.02. The predicted molar refractivity (Wildman–Crippen MR) is 108 cm³/mol. The van der Waals surface area contributed by atoms with Crippen molar-refractivity contribution in [3.63, 3.8) is 0 Å². The Labute approximate surface area is 160 Å². The molecule has 144 valence electrons. The first kappa shape index (κ1) is 20.7. The lowest BCUT2D eigenvalue weighted by molar-refractivity contribution is -0.113. The Balaban J connectivity index is 2.08. The Kier molecular flexibility index (Phi) is 7.93. The number of thioether (sulfide) groups is 1. The Morgan fingerprint density at radius 2 is 1.65 bits per heavy atom. The van der Waals surface area contributed by atoms with Gasteiger partial charge in [0.25, 0.3) is 5.91 Å². The zero-order valence-electron chi connectivity index (χ0n) is 16.2. The van der Waals surface area contributed by atoms with Crippen molar-refractivity contribution >= 4 is 29.3 Å². The second-order valence-corrected chi connectivity index (χ2v) is 8.17. The lowest BCUT2D eigenvalue weighted by Crippen LogP contribution is -2.35. The Morgan fingerprint density at radius 3 is 2.23 bits per heavy atom. The van der Waals surface area contributed by atoms with E-state index in [1.807, 2.05) is 51.3 Å². The van der Waals surface area contributed by atoms with E-state index in [2.05, 4.69) is 15.1 Å². The molecule has 0 aromatic heterocycles. The highest BCUT2D eigenvalue weighted by Crippen LogP contribution is 2.32. The maximum atomic E-state index is 13.0. The number of rotatable bonds is 9. The minimum Gasteiger partial charge on any atom is -0.339 e. The molecule has 0 unspecified atom stereocenters. The fourth-order valence-corrected chi connectivity index (χ4v) is 3.66. The molecule has 2 amide bonds. The van der Waals surface area contributed by atoms with Crippen LogP contribution in [0.15, 0.2) is 23.1 Å². The SMILES string of the molecule is CN(C)CCCN(CCCN(C)C)C(=O)c1ccc2c(c1)NC(=O)CS2. The van der Waals surface area contributed by atoms with Gasteiger partial charge in [0, 0.05) is 23.5 Å². The van der Waals surface area contributed by atoms with Crippen LogP contribution in [0.25, 0.3) is 0 Å². The van der Waals surface area contributed by atoms with E-state index < -0.39 is 0 Å². The molecule has 1 aliphatic rings. The van der Waals surface area contributed by atoms with Gasteiger partial charge < -0.3 is 20.0 Å². The lowest BCUT2D eigenvalue weighted by Gasteiger charge is -2.25. The molecule has 0 saturated heterocycles. The number of nitrogens with one attached hydrogen (secondary N) is 1. The number of nitrogens with zero attached hydrogens (tertiary/aromatic N) is 3. The van der Waals surface area contributed by atoms with Crippen LogP contribution in [0.2, 0.25) is 0 Å². The highest BCUT2D eigenvalue weighted by molar-refractivity contribution is 8.00. The minimum atomic E-state index is -0.0130. The maximum absolute atomic E-state index is 13.0. The van der Waals surface area contributed by atoms with Crippen molar-refractivity contribution in [2.75, 3.05) is 65.4 Å². The van der Waals surface area contributed by atoms with Crippen LogP contribution in [0.5, 0.6) is 0 Å². The third-order valence-electron chi connectivity index (χ3n) is 4.21. The van der Waals surface area contributed by atoms with Crippen LogP contribution in [-0.2, 0) is 4.79 Å². The van der Waals surface area contributed by atoms with Gasteiger partial charge in [-0.2, -0.15) is 0 Å². The topological polar surface area (TPSA) is 55.9 Å². The molecule has 0 saturated carbocycles. The summed E-state index contributed by atoms with van der Waals surface area (Å²) in [5.41, 5.74) is 1.39. The predicted octanol–water partition coefficient (Wildman–Crippen LogP) is 2.08.